The molecule has 1 heterocycles. The zero-order valence-corrected chi connectivity index (χ0v) is 14.1. The first kappa shape index (κ1) is 16.1. The van der Waals surface area contributed by atoms with Crippen LogP contribution in [0.5, 0.6) is 11.5 Å². The van der Waals surface area contributed by atoms with Gasteiger partial charge in [0.05, 0.1) is 19.4 Å². The van der Waals surface area contributed by atoms with Crippen molar-refractivity contribution in [3.05, 3.63) is 23.9 Å². The maximum Gasteiger partial charge on any atom is 0.272 e. The zero-order valence-electron chi connectivity index (χ0n) is 11.7. The van der Waals surface area contributed by atoms with E-state index in [-0.39, 0.29) is 4.21 Å². The molecule has 0 bridgehead atoms. The predicted molar refractivity (Wildman–Crippen MR) is 83.0 cm³/mol. The van der Waals surface area contributed by atoms with Crippen LogP contribution < -0.4 is 9.47 Å². The molecule has 0 N–H and O–H groups in total. The third-order valence-corrected chi connectivity index (χ3v) is 6.07. The van der Waals surface area contributed by atoms with Crippen molar-refractivity contribution in [2.75, 3.05) is 13.7 Å². The predicted octanol–water partition coefficient (Wildman–Crippen LogP) is 3.45. The van der Waals surface area contributed by atoms with Crippen LogP contribution in [0.25, 0.3) is 10.6 Å². The Bertz CT molecular complexity index is 756. The van der Waals surface area contributed by atoms with Crippen LogP contribution in [-0.2, 0) is 9.05 Å². The van der Waals surface area contributed by atoms with Crippen molar-refractivity contribution in [1.82, 2.24) is 4.98 Å². The quantitative estimate of drug-likeness (QED) is 0.775. The Balaban J connectivity index is 2.50. The number of methoxy groups -OCH3 is 1. The lowest BCUT2D eigenvalue weighted by molar-refractivity contribution is 0.311. The number of thiazole rings is 1. The smallest absolute Gasteiger partial charge is 0.272 e. The van der Waals surface area contributed by atoms with E-state index >= 15 is 0 Å². The third-order valence-electron chi connectivity index (χ3n) is 2.69. The Morgan fingerprint density at radius 1 is 1.33 bits per heavy atom. The first-order valence-corrected chi connectivity index (χ1v) is 9.22. The highest BCUT2D eigenvalue weighted by Gasteiger charge is 2.20. The second kappa shape index (κ2) is 6.21. The highest BCUT2D eigenvalue weighted by Crippen LogP contribution is 2.37. The number of nitrogens with zero attached hydrogens (tertiary/aromatic N) is 1. The molecule has 1 aromatic carbocycles. The van der Waals surface area contributed by atoms with Gasteiger partial charge in [-0.15, -0.1) is 11.3 Å². The van der Waals surface area contributed by atoms with Gasteiger partial charge in [-0.2, -0.15) is 0 Å². The summed E-state index contributed by atoms with van der Waals surface area (Å²) < 4.78 is 33.7. The normalized spacial score (nSPS) is 11.4. The van der Waals surface area contributed by atoms with Crippen molar-refractivity contribution in [1.29, 1.82) is 0 Å². The largest absolute Gasteiger partial charge is 0.493 e. The van der Waals surface area contributed by atoms with E-state index < -0.39 is 9.05 Å². The fourth-order valence-corrected chi connectivity index (χ4v) is 4.26. The van der Waals surface area contributed by atoms with Crippen LogP contribution in [0.4, 0.5) is 0 Å². The van der Waals surface area contributed by atoms with E-state index in [1.165, 1.54) is 0 Å². The highest BCUT2D eigenvalue weighted by molar-refractivity contribution is 8.15. The van der Waals surface area contributed by atoms with Gasteiger partial charge in [0.15, 0.2) is 15.7 Å². The molecule has 8 heteroatoms. The number of rotatable bonds is 5. The van der Waals surface area contributed by atoms with Crippen LogP contribution in [0.3, 0.4) is 0 Å². The van der Waals surface area contributed by atoms with E-state index in [1.54, 1.807) is 32.2 Å². The zero-order chi connectivity index (χ0) is 15.6. The van der Waals surface area contributed by atoms with Gasteiger partial charge in [-0.3, -0.25) is 0 Å². The van der Waals surface area contributed by atoms with Crippen LogP contribution in [0.1, 0.15) is 12.6 Å². The molecular formula is C13H14ClNO4S2. The summed E-state index contributed by atoms with van der Waals surface area (Å²) in [5.41, 5.74) is 1.14. The van der Waals surface area contributed by atoms with Gasteiger partial charge >= 0.3 is 0 Å². The lowest BCUT2D eigenvalue weighted by Gasteiger charge is -2.09. The Hall–Kier alpha value is -1.31. The van der Waals surface area contributed by atoms with Crippen LogP contribution in [-0.4, -0.2) is 27.1 Å². The van der Waals surface area contributed by atoms with Crippen molar-refractivity contribution in [3.63, 3.8) is 0 Å². The number of halogens is 1. The van der Waals surface area contributed by atoms with E-state index in [1.807, 2.05) is 6.92 Å². The second-order valence-corrected chi connectivity index (χ2v) is 7.89. The molecule has 0 atom stereocenters. The topological polar surface area (TPSA) is 65.5 Å². The van der Waals surface area contributed by atoms with Crippen molar-refractivity contribution in [2.45, 2.75) is 18.1 Å². The fraction of sp³-hybridized carbons (Fsp3) is 0.308. The van der Waals surface area contributed by atoms with E-state index in [4.69, 9.17) is 20.2 Å². The van der Waals surface area contributed by atoms with Gasteiger partial charge in [0.1, 0.15) is 5.01 Å². The van der Waals surface area contributed by atoms with E-state index in [2.05, 4.69) is 4.98 Å². The maximum absolute atomic E-state index is 11.5. The molecule has 0 fully saturated rings. The van der Waals surface area contributed by atoms with Gasteiger partial charge in [-0.25, -0.2) is 13.4 Å². The molecule has 2 aromatic rings. The summed E-state index contributed by atoms with van der Waals surface area (Å²) in [4.78, 5) is 4.26. The standard InChI is InChI=1S/C13H14ClNO4S2/c1-4-19-11-7-9(5-6-10(11)18-3)12-15-8(2)13(20-12)21(14,16)17/h5-7H,4H2,1-3H3. The molecular weight excluding hydrogens is 334 g/mol. The first-order valence-electron chi connectivity index (χ1n) is 6.10. The van der Waals surface area contributed by atoms with Gasteiger partial charge < -0.3 is 9.47 Å². The maximum atomic E-state index is 11.5. The molecule has 0 saturated carbocycles. The van der Waals surface area contributed by atoms with Crippen LogP contribution in [0.2, 0.25) is 0 Å². The van der Waals surface area contributed by atoms with Gasteiger partial charge in [-0.05, 0) is 32.0 Å². The summed E-state index contributed by atoms with van der Waals surface area (Å²) in [7, 11) is 3.17. The van der Waals surface area contributed by atoms with Crippen molar-refractivity contribution in [3.8, 4) is 22.1 Å². The number of hydrogen-bond donors (Lipinski definition) is 0. The molecule has 21 heavy (non-hydrogen) atoms. The molecule has 0 aliphatic heterocycles. The molecule has 2 rings (SSSR count). The Morgan fingerprint density at radius 2 is 2.05 bits per heavy atom. The molecule has 5 nitrogen and oxygen atoms in total. The number of ether oxygens (including phenoxy) is 2. The monoisotopic (exact) mass is 347 g/mol. The van der Waals surface area contributed by atoms with Crippen molar-refractivity contribution in [2.24, 2.45) is 0 Å². The SMILES string of the molecule is CCOc1cc(-c2nc(C)c(S(=O)(=O)Cl)s2)ccc1OC. The molecule has 0 aliphatic rings. The summed E-state index contributed by atoms with van der Waals surface area (Å²) in [6, 6.07) is 5.32. The van der Waals surface area contributed by atoms with Crippen molar-refractivity contribution >= 4 is 31.1 Å². The van der Waals surface area contributed by atoms with Crippen LogP contribution >= 0.6 is 22.0 Å². The number of hydrogen-bond acceptors (Lipinski definition) is 6. The summed E-state index contributed by atoms with van der Waals surface area (Å²) in [6.07, 6.45) is 0. The molecule has 0 aliphatic carbocycles. The Labute approximate surface area is 131 Å². The van der Waals surface area contributed by atoms with Gasteiger partial charge in [0.25, 0.3) is 9.05 Å². The van der Waals surface area contributed by atoms with Gasteiger partial charge in [-0.1, -0.05) is 0 Å². The molecule has 0 unspecified atom stereocenters. The summed E-state index contributed by atoms with van der Waals surface area (Å²) in [5.74, 6) is 1.19. The summed E-state index contributed by atoms with van der Waals surface area (Å²) >= 11 is 1.03. The summed E-state index contributed by atoms with van der Waals surface area (Å²) in [6.45, 7) is 3.98. The number of benzene rings is 1. The number of aryl methyl sites for hydroxylation is 1. The average molecular weight is 348 g/mol. The fourth-order valence-electron chi connectivity index (χ4n) is 1.81. The molecule has 0 spiro atoms. The van der Waals surface area contributed by atoms with Gasteiger partial charge in [0.2, 0.25) is 0 Å². The molecule has 1 aromatic heterocycles. The minimum absolute atomic E-state index is 0.0629. The van der Waals surface area contributed by atoms with Crippen molar-refractivity contribution < 1.29 is 17.9 Å². The Morgan fingerprint density at radius 3 is 2.57 bits per heavy atom. The second-order valence-electron chi connectivity index (χ2n) is 4.13. The highest BCUT2D eigenvalue weighted by atomic mass is 35.7. The molecule has 114 valence electrons. The van der Waals surface area contributed by atoms with Crippen LogP contribution in [0, 0.1) is 6.92 Å². The first-order chi connectivity index (χ1) is 9.86. The van der Waals surface area contributed by atoms with E-state index in [9.17, 15) is 8.42 Å². The minimum Gasteiger partial charge on any atom is -0.493 e. The van der Waals surface area contributed by atoms with E-state index in [0.29, 0.717) is 28.8 Å². The van der Waals surface area contributed by atoms with E-state index in [0.717, 1.165) is 16.9 Å². The third kappa shape index (κ3) is 3.48. The van der Waals surface area contributed by atoms with Crippen LogP contribution in [0.15, 0.2) is 22.4 Å². The molecule has 0 amide bonds. The summed E-state index contributed by atoms with van der Waals surface area (Å²) in [5, 5.41) is 0.565. The molecule has 0 radical (unpaired) electrons. The van der Waals surface area contributed by atoms with Gasteiger partial charge in [0, 0.05) is 16.2 Å². The lowest BCUT2D eigenvalue weighted by Crippen LogP contribution is -1.95. The molecule has 0 saturated heterocycles. The minimum atomic E-state index is -3.78. The Kier molecular flexibility index (Phi) is 4.75. The average Bonchev–Trinajstić information content (AvgIpc) is 2.81. The lowest BCUT2D eigenvalue weighted by atomic mass is 10.2. The number of aromatic nitrogens is 1.